The second-order valence-electron chi connectivity index (χ2n) is 3.52. The molecule has 7 heteroatoms. The molecule has 0 saturated carbocycles. The summed E-state index contributed by atoms with van der Waals surface area (Å²) >= 11 is 6.61. The molecule has 0 heterocycles. The fraction of sp³-hybridized carbons (Fsp3) is 0.364. The van der Waals surface area contributed by atoms with E-state index in [1.165, 1.54) is 7.11 Å². The Morgan fingerprint density at radius 3 is 2.72 bits per heavy atom. The van der Waals surface area contributed by atoms with Crippen LogP contribution in [0.5, 0.6) is 0 Å². The van der Waals surface area contributed by atoms with Crippen molar-refractivity contribution in [2.75, 3.05) is 25.6 Å². The molecule has 0 saturated heterocycles. The molecule has 1 atom stereocenters. The molecule has 5 nitrogen and oxygen atoms in total. The van der Waals surface area contributed by atoms with Crippen LogP contribution in [0.25, 0.3) is 0 Å². The smallest absolute Gasteiger partial charge is 0.340 e. The van der Waals surface area contributed by atoms with E-state index < -0.39 is 12.1 Å². The number of nitrogens with one attached hydrogen (secondary N) is 1. The van der Waals surface area contributed by atoms with E-state index in [-0.39, 0.29) is 13.2 Å². The first-order valence-corrected chi connectivity index (χ1v) is 6.68. The minimum atomic E-state index is -0.897. The van der Waals surface area contributed by atoms with Gasteiger partial charge >= 0.3 is 5.97 Å². The van der Waals surface area contributed by atoms with Gasteiger partial charge in [-0.05, 0) is 28.1 Å². The second kappa shape index (κ2) is 7.08. The molecule has 1 rings (SSSR count). The number of aliphatic hydroxyl groups excluding tert-OH is 2. The molecule has 0 aromatic heterocycles. The Labute approximate surface area is 121 Å². The first-order chi connectivity index (χ1) is 8.49. The number of anilines is 1. The van der Waals surface area contributed by atoms with Crippen LogP contribution in [0.4, 0.5) is 5.69 Å². The van der Waals surface area contributed by atoms with Crippen molar-refractivity contribution in [2.45, 2.75) is 6.10 Å². The average molecular weight is 383 g/mol. The van der Waals surface area contributed by atoms with Gasteiger partial charge in [-0.1, -0.05) is 15.9 Å². The lowest BCUT2D eigenvalue weighted by Crippen LogP contribution is -2.24. The van der Waals surface area contributed by atoms with Gasteiger partial charge in [-0.15, -0.1) is 0 Å². The molecule has 0 spiro atoms. The highest BCUT2D eigenvalue weighted by molar-refractivity contribution is 9.11. The minimum absolute atomic E-state index is 0.126. The van der Waals surface area contributed by atoms with E-state index in [4.69, 9.17) is 5.11 Å². The molecule has 100 valence electrons. The lowest BCUT2D eigenvalue weighted by Gasteiger charge is -2.15. The summed E-state index contributed by atoms with van der Waals surface area (Å²) in [5, 5.41) is 20.9. The quantitative estimate of drug-likeness (QED) is 0.676. The molecule has 3 N–H and O–H groups in total. The fourth-order valence-electron chi connectivity index (χ4n) is 1.31. The summed E-state index contributed by atoms with van der Waals surface area (Å²) in [4.78, 5) is 11.6. The third-order valence-electron chi connectivity index (χ3n) is 2.19. The van der Waals surface area contributed by atoms with Crippen LogP contribution >= 0.6 is 31.9 Å². The topological polar surface area (TPSA) is 78.8 Å². The van der Waals surface area contributed by atoms with Gasteiger partial charge in [-0.3, -0.25) is 0 Å². The van der Waals surface area contributed by atoms with Crippen molar-refractivity contribution in [2.24, 2.45) is 0 Å². The molecule has 1 aromatic carbocycles. The van der Waals surface area contributed by atoms with Crippen molar-refractivity contribution in [1.82, 2.24) is 0 Å². The minimum Gasteiger partial charge on any atom is -0.465 e. The third kappa shape index (κ3) is 3.94. The van der Waals surface area contributed by atoms with Crippen LogP contribution < -0.4 is 5.32 Å². The number of aliphatic hydroxyl groups is 2. The Morgan fingerprint density at radius 2 is 2.17 bits per heavy atom. The number of esters is 1. The Bertz CT molecular complexity index is 439. The first-order valence-electron chi connectivity index (χ1n) is 5.09. The molecule has 0 bridgehead atoms. The fourth-order valence-corrected chi connectivity index (χ4v) is 2.67. The Balaban J connectivity index is 3.04. The van der Waals surface area contributed by atoms with Gasteiger partial charge in [0.15, 0.2) is 0 Å². The molecule has 0 aliphatic carbocycles. The summed E-state index contributed by atoms with van der Waals surface area (Å²) in [5.41, 5.74) is 0.849. The van der Waals surface area contributed by atoms with E-state index in [0.717, 1.165) is 4.47 Å². The van der Waals surface area contributed by atoms with Crippen molar-refractivity contribution in [3.05, 3.63) is 26.6 Å². The average Bonchev–Trinajstić information content (AvgIpc) is 2.35. The number of ether oxygens (including phenoxy) is 1. The molecule has 0 aliphatic rings. The van der Waals surface area contributed by atoms with Crippen molar-refractivity contribution in [1.29, 1.82) is 0 Å². The molecule has 18 heavy (non-hydrogen) atoms. The van der Waals surface area contributed by atoms with E-state index in [0.29, 0.717) is 15.7 Å². The summed E-state index contributed by atoms with van der Waals surface area (Å²) < 4.78 is 6.07. The van der Waals surface area contributed by atoms with Gasteiger partial charge in [0.1, 0.15) is 0 Å². The highest BCUT2D eigenvalue weighted by Crippen LogP contribution is 2.31. The van der Waals surface area contributed by atoms with Crippen molar-refractivity contribution < 1.29 is 19.7 Å². The van der Waals surface area contributed by atoms with Crippen molar-refractivity contribution >= 4 is 43.5 Å². The third-order valence-corrected chi connectivity index (χ3v) is 3.27. The number of hydrogen-bond acceptors (Lipinski definition) is 5. The standard InChI is InChI=1S/C11H13Br2NO4/c1-18-11(17)8-2-6(12)3-9(13)10(8)14-4-7(16)5-15/h2-3,7,14-16H,4-5H2,1H3. The lowest BCUT2D eigenvalue weighted by atomic mass is 10.1. The van der Waals surface area contributed by atoms with Crippen LogP contribution in [-0.4, -0.2) is 42.5 Å². The SMILES string of the molecule is COC(=O)c1cc(Br)cc(Br)c1NCC(O)CO. The number of carbonyl (C=O) groups is 1. The summed E-state index contributed by atoms with van der Waals surface area (Å²) in [7, 11) is 1.30. The zero-order valence-corrected chi connectivity index (χ0v) is 12.8. The van der Waals surface area contributed by atoms with Crippen LogP contribution in [-0.2, 0) is 4.74 Å². The van der Waals surface area contributed by atoms with Crippen molar-refractivity contribution in [3.63, 3.8) is 0 Å². The summed E-state index contributed by atoms with van der Waals surface area (Å²) in [6.45, 7) is -0.227. The van der Waals surface area contributed by atoms with E-state index in [9.17, 15) is 9.90 Å². The highest BCUT2D eigenvalue weighted by Gasteiger charge is 2.16. The molecular weight excluding hydrogens is 370 g/mol. The Hall–Kier alpha value is -0.630. The van der Waals surface area contributed by atoms with Gasteiger partial charge in [-0.2, -0.15) is 0 Å². The number of carbonyl (C=O) groups excluding carboxylic acids is 1. The number of halogens is 2. The van der Waals surface area contributed by atoms with Gasteiger partial charge < -0.3 is 20.3 Å². The summed E-state index contributed by atoms with van der Waals surface area (Å²) in [5.74, 6) is -0.488. The Kier molecular flexibility index (Phi) is 6.07. The molecule has 0 amide bonds. The molecule has 0 fully saturated rings. The monoisotopic (exact) mass is 381 g/mol. The maximum Gasteiger partial charge on any atom is 0.340 e. The van der Waals surface area contributed by atoms with Crippen LogP contribution in [0.2, 0.25) is 0 Å². The second-order valence-corrected chi connectivity index (χ2v) is 5.29. The molecule has 0 aliphatic heterocycles. The van der Waals surface area contributed by atoms with E-state index in [2.05, 4.69) is 41.9 Å². The van der Waals surface area contributed by atoms with Crippen LogP contribution in [0.1, 0.15) is 10.4 Å². The maximum atomic E-state index is 11.6. The molecule has 1 unspecified atom stereocenters. The molecule has 0 radical (unpaired) electrons. The zero-order chi connectivity index (χ0) is 13.7. The van der Waals surface area contributed by atoms with Crippen LogP contribution in [0.3, 0.4) is 0 Å². The maximum absolute atomic E-state index is 11.6. The summed E-state index contributed by atoms with van der Waals surface area (Å²) in [6, 6.07) is 3.38. The highest BCUT2D eigenvalue weighted by atomic mass is 79.9. The first kappa shape index (κ1) is 15.4. The van der Waals surface area contributed by atoms with Gasteiger partial charge in [0.2, 0.25) is 0 Å². The summed E-state index contributed by atoms with van der Waals surface area (Å²) in [6.07, 6.45) is -0.897. The number of rotatable bonds is 5. The van der Waals surface area contributed by atoms with Gasteiger partial charge in [0.25, 0.3) is 0 Å². The Morgan fingerprint density at radius 1 is 1.50 bits per heavy atom. The van der Waals surface area contributed by atoms with E-state index >= 15 is 0 Å². The zero-order valence-electron chi connectivity index (χ0n) is 9.61. The lowest BCUT2D eigenvalue weighted by molar-refractivity contribution is 0.0601. The molecular formula is C11H13Br2NO4. The van der Waals surface area contributed by atoms with Gasteiger partial charge in [0.05, 0.1) is 31.1 Å². The van der Waals surface area contributed by atoms with Gasteiger partial charge in [0, 0.05) is 15.5 Å². The largest absolute Gasteiger partial charge is 0.465 e. The van der Waals surface area contributed by atoms with Crippen LogP contribution in [0.15, 0.2) is 21.1 Å². The molecule has 1 aromatic rings. The predicted molar refractivity (Wildman–Crippen MR) is 74.8 cm³/mol. The normalized spacial score (nSPS) is 12.1. The number of benzene rings is 1. The predicted octanol–water partition coefficient (Wildman–Crippen LogP) is 1.76. The van der Waals surface area contributed by atoms with Gasteiger partial charge in [-0.25, -0.2) is 4.79 Å². The van der Waals surface area contributed by atoms with E-state index in [1.807, 2.05) is 0 Å². The number of hydrogen-bond donors (Lipinski definition) is 3. The van der Waals surface area contributed by atoms with Crippen LogP contribution in [0, 0.1) is 0 Å². The van der Waals surface area contributed by atoms with E-state index in [1.54, 1.807) is 12.1 Å². The number of methoxy groups -OCH3 is 1. The van der Waals surface area contributed by atoms with Crippen molar-refractivity contribution in [3.8, 4) is 0 Å².